The molecule has 0 aliphatic heterocycles. The first kappa shape index (κ1) is 12.4. The maximum atomic E-state index is 10.5. The number of hydrogen-bond donors (Lipinski definition) is 1. The average molecular weight is 223 g/mol. The van der Waals surface area contributed by atoms with Crippen LogP contribution < -0.4 is 5.32 Å². The van der Waals surface area contributed by atoms with E-state index in [1.165, 1.54) is 18.3 Å². The highest BCUT2D eigenvalue weighted by molar-refractivity contribution is 5.44. The minimum atomic E-state index is -0.418. The van der Waals surface area contributed by atoms with Gasteiger partial charge in [0.05, 0.1) is 11.0 Å². The Balaban J connectivity index is 2.61. The van der Waals surface area contributed by atoms with E-state index in [1.807, 2.05) is 0 Å². The van der Waals surface area contributed by atoms with Crippen molar-refractivity contribution in [3.05, 3.63) is 28.4 Å². The highest BCUT2D eigenvalue weighted by Crippen LogP contribution is 2.15. The Morgan fingerprint density at radius 3 is 2.75 bits per heavy atom. The molecule has 0 radical (unpaired) electrons. The smallest absolute Gasteiger partial charge is 0.274 e. The summed E-state index contributed by atoms with van der Waals surface area (Å²) < 4.78 is 0. The van der Waals surface area contributed by atoms with Crippen molar-refractivity contribution < 1.29 is 4.92 Å². The Labute approximate surface area is 95.0 Å². The third-order valence-corrected chi connectivity index (χ3v) is 2.70. The molecule has 1 unspecified atom stereocenters. The fourth-order valence-electron chi connectivity index (χ4n) is 1.13. The Kier molecular flexibility index (Phi) is 4.22. The predicted molar refractivity (Wildman–Crippen MR) is 63.4 cm³/mol. The van der Waals surface area contributed by atoms with Crippen LogP contribution in [-0.2, 0) is 0 Å². The lowest BCUT2D eigenvalue weighted by Crippen LogP contribution is -2.16. The number of aromatic nitrogens is 1. The molecule has 0 saturated carbocycles. The van der Waals surface area contributed by atoms with Crippen LogP contribution in [0.4, 0.5) is 11.5 Å². The Hall–Kier alpha value is -1.65. The highest BCUT2D eigenvalue weighted by Gasteiger charge is 2.09. The van der Waals surface area contributed by atoms with Gasteiger partial charge in [0.2, 0.25) is 0 Å². The van der Waals surface area contributed by atoms with E-state index >= 15 is 0 Å². The minimum Gasteiger partial charge on any atom is -0.370 e. The largest absolute Gasteiger partial charge is 0.370 e. The second-order valence-electron chi connectivity index (χ2n) is 4.26. The normalized spacial score (nSPS) is 12.5. The van der Waals surface area contributed by atoms with Crippen LogP contribution in [0.5, 0.6) is 0 Å². The molecule has 1 heterocycles. The molecule has 0 aromatic carbocycles. The molecule has 0 aliphatic carbocycles. The van der Waals surface area contributed by atoms with Crippen molar-refractivity contribution in [1.29, 1.82) is 0 Å². The van der Waals surface area contributed by atoms with Crippen molar-refractivity contribution in [2.45, 2.75) is 20.8 Å². The lowest BCUT2D eigenvalue weighted by atomic mass is 9.98. The molecule has 1 atom stereocenters. The van der Waals surface area contributed by atoms with Crippen LogP contribution in [0.3, 0.4) is 0 Å². The van der Waals surface area contributed by atoms with Gasteiger partial charge in [0.1, 0.15) is 5.82 Å². The minimum absolute atomic E-state index is 0.0645. The van der Waals surface area contributed by atoms with Crippen LogP contribution in [0.25, 0.3) is 0 Å². The topological polar surface area (TPSA) is 68.1 Å². The van der Waals surface area contributed by atoms with Crippen molar-refractivity contribution in [3.8, 4) is 0 Å². The molecule has 5 heteroatoms. The zero-order valence-corrected chi connectivity index (χ0v) is 9.80. The van der Waals surface area contributed by atoms with Crippen molar-refractivity contribution in [1.82, 2.24) is 4.98 Å². The molecule has 0 amide bonds. The predicted octanol–water partition coefficient (Wildman–Crippen LogP) is 2.69. The van der Waals surface area contributed by atoms with Crippen LogP contribution >= 0.6 is 0 Å². The second kappa shape index (κ2) is 5.44. The van der Waals surface area contributed by atoms with Crippen molar-refractivity contribution in [3.63, 3.8) is 0 Å². The van der Waals surface area contributed by atoms with E-state index in [0.717, 1.165) is 6.54 Å². The first-order chi connectivity index (χ1) is 7.50. The number of nitro groups is 1. The van der Waals surface area contributed by atoms with E-state index < -0.39 is 4.92 Å². The summed E-state index contributed by atoms with van der Waals surface area (Å²) in [6.07, 6.45) is 1.44. The summed E-state index contributed by atoms with van der Waals surface area (Å²) in [5.41, 5.74) is 0.0645. The van der Waals surface area contributed by atoms with Crippen LogP contribution in [-0.4, -0.2) is 16.5 Å². The van der Waals surface area contributed by atoms with Gasteiger partial charge in [0, 0.05) is 18.8 Å². The van der Waals surface area contributed by atoms with E-state index in [0.29, 0.717) is 17.7 Å². The van der Waals surface area contributed by atoms with Crippen molar-refractivity contribution >= 4 is 11.5 Å². The monoisotopic (exact) mass is 223 g/mol. The van der Waals surface area contributed by atoms with Crippen LogP contribution in [0.15, 0.2) is 18.3 Å². The molecular weight excluding hydrogens is 206 g/mol. The first-order valence-corrected chi connectivity index (χ1v) is 5.35. The van der Waals surface area contributed by atoms with E-state index in [9.17, 15) is 10.1 Å². The molecule has 0 spiro atoms. The maximum absolute atomic E-state index is 10.5. The van der Waals surface area contributed by atoms with Gasteiger partial charge in [-0.2, -0.15) is 0 Å². The van der Waals surface area contributed by atoms with Gasteiger partial charge in [-0.05, 0) is 11.8 Å². The van der Waals surface area contributed by atoms with Gasteiger partial charge >= 0.3 is 0 Å². The van der Waals surface area contributed by atoms with E-state index in [1.54, 1.807) is 0 Å². The molecule has 1 aromatic rings. The Bertz CT molecular complexity index is 366. The summed E-state index contributed by atoms with van der Waals surface area (Å²) in [6.45, 7) is 7.20. The number of nitrogens with zero attached hydrogens (tertiary/aromatic N) is 2. The summed E-state index contributed by atoms with van der Waals surface area (Å²) in [5, 5.41) is 13.7. The van der Waals surface area contributed by atoms with E-state index in [2.05, 4.69) is 31.1 Å². The van der Waals surface area contributed by atoms with Crippen molar-refractivity contribution in [2.24, 2.45) is 11.8 Å². The fraction of sp³-hybridized carbons (Fsp3) is 0.545. The third kappa shape index (κ3) is 3.49. The summed E-state index contributed by atoms with van der Waals surface area (Å²) in [6, 6.07) is 2.84. The van der Waals surface area contributed by atoms with Crippen molar-refractivity contribution in [2.75, 3.05) is 11.9 Å². The Morgan fingerprint density at radius 2 is 2.19 bits per heavy atom. The number of nitrogens with one attached hydrogen (secondary N) is 1. The van der Waals surface area contributed by atoms with Gasteiger partial charge in [0.25, 0.3) is 5.69 Å². The van der Waals surface area contributed by atoms with Gasteiger partial charge in [-0.3, -0.25) is 10.1 Å². The number of hydrogen-bond acceptors (Lipinski definition) is 4. The summed E-state index contributed by atoms with van der Waals surface area (Å²) in [7, 11) is 0. The molecule has 16 heavy (non-hydrogen) atoms. The lowest BCUT2D eigenvalue weighted by Gasteiger charge is -2.16. The average Bonchev–Trinajstić information content (AvgIpc) is 2.26. The molecule has 0 bridgehead atoms. The molecule has 0 fully saturated rings. The molecule has 1 aromatic heterocycles. The fourth-order valence-corrected chi connectivity index (χ4v) is 1.13. The number of rotatable bonds is 5. The summed E-state index contributed by atoms with van der Waals surface area (Å²) in [5.74, 6) is 1.63. The van der Waals surface area contributed by atoms with Crippen LogP contribution in [0.2, 0.25) is 0 Å². The van der Waals surface area contributed by atoms with Crippen LogP contribution in [0, 0.1) is 22.0 Å². The first-order valence-electron chi connectivity index (χ1n) is 5.35. The number of anilines is 1. The zero-order valence-electron chi connectivity index (χ0n) is 9.80. The van der Waals surface area contributed by atoms with Gasteiger partial charge in [0.15, 0.2) is 0 Å². The number of pyridine rings is 1. The molecule has 88 valence electrons. The summed E-state index contributed by atoms with van der Waals surface area (Å²) in [4.78, 5) is 14.2. The highest BCUT2D eigenvalue weighted by atomic mass is 16.6. The van der Waals surface area contributed by atoms with Gasteiger partial charge in [-0.25, -0.2) is 4.98 Å². The standard InChI is InChI=1S/C11H17N3O2/c1-8(2)9(3)7-13-11-6-10(14(15)16)4-5-12-11/h4-6,8-9H,7H2,1-3H3,(H,12,13). The molecule has 0 saturated heterocycles. The second-order valence-corrected chi connectivity index (χ2v) is 4.26. The molecule has 0 aliphatic rings. The molecule has 5 nitrogen and oxygen atoms in total. The van der Waals surface area contributed by atoms with E-state index in [-0.39, 0.29) is 5.69 Å². The van der Waals surface area contributed by atoms with Gasteiger partial charge in [-0.15, -0.1) is 0 Å². The third-order valence-electron chi connectivity index (χ3n) is 2.70. The zero-order chi connectivity index (χ0) is 12.1. The SMILES string of the molecule is CC(C)C(C)CNc1cc([N+](=O)[O-])ccn1. The summed E-state index contributed by atoms with van der Waals surface area (Å²) >= 11 is 0. The molecule has 1 rings (SSSR count). The van der Waals surface area contributed by atoms with Crippen LogP contribution in [0.1, 0.15) is 20.8 Å². The van der Waals surface area contributed by atoms with Gasteiger partial charge < -0.3 is 5.32 Å². The Morgan fingerprint density at radius 1 is 1.50 bits per heavy atom. The quantitative estimate of drug-likeness (QED) is 0.615. The molecule has 1 N–H and O–H groups in total. The van der Waals surface area contributed by atoms with E-state index in [4.69, 9.17) is 0 Å². The maximum Gasteiger partial charge on any atom is 0.274 e. The lowest BCUT2D eigenvalue weighted by molar-refractivity contribution is -0.384. The molecular formula is C11H17N3O2. The van der Waals surface area contributed by atoms with Gasteiger partial charge in [-0.1, -0.05) is 20.8 Å².